The molecule has 1 heterocycles. The summed E-state index contributed by atoms with van der Waals surface area (Å²) < 4.78 is 0. The topological polar surface area (TPSA) is 68.0 Å². The first kappa shape index (κ1) is 12.8. The number of benzene rings is 1. The van der Waals surface area contributed by atoms with Crippen molar-refractivity contribution in [2.24, 2.45) is 7.05 Å². The average Bonchev–Trinajstić information content (AvgIpc) is 3.08. The van der Waals surface area contributed by atoms with Gasteiger partial charge in [0.1, 0.15) is 5.69 Å². The molecule has 1 fully saturated rings. The molecule has 1 aromatic carbocycles. The number of rotatable bonds is 3. The van der Waals surface area contributed by atoms with Crippen molar-refractivity contribution in [1.29, 1.82) is 0 Å². The average molecular weight is 271 g/mol. The minimum absolute atomic E-state index is 0.715. The lowest BCUT2D eigenvalue weighted by molar-refractivity contribution is -0.143. The number of carbonyl (C=O) groups is 1. The molecule has 5 heteroatoms. The van der Waals surface area contributed by atoms with E-state index in [1.807, 2.05) is 24.3 Å². The Morgan fingerprint density at radius 1 is 1.35 bits per heavy atom. The minimum atomic E-state index is -0.724. The first-order valence-corrected chi connectivity index (χ1v) is 6.82. The van der Waals surface area contributed by atoms with E-state index >= 15 is 0 Å². The Bertz CT molecular complexity index is 642. The summed E-state index contributed by atoms with van der Waals surface area (Å²) in [6.07, 6.45) is 5.07. The van der Waals surface area contributed by atoms with E-state index in [0.29, 0.717) is 12.8 Å². The fraction of sp³-hybridized carbons (Fsp3) is 0.400. The number of nitrogens with zero attached hydrogens (tertiary/aromatic N) is 3. The Morgan fingerprint density at radius 2 is 2.10 bits per heavy atom. The zero-order chi connectivity index (χ0) is 14.2. The Morgan fingerprint density at radius 3 is 2.70 bits per heavy atom. The van der Waals surface area contributed by atoms with Crippen LogP contribution < -0.4 is 0 Å². The van der Waals surface area contributed by atoms with Gasteiger partial charge in [0.15, 0.2) is 0 Å². The molecule has 0 spiro atoms. The molecule has 2 aromatic rings. The third-order valence-electron chi connectivity index (χ3n) is 4.18. The molecule has 104 valence electrons. The van der Waals surface area contributed by atoms with E-state index < -0.39 is 11.4 Å². The molecule has 5 nitrogen and oxygen atoms in total. The van der Waals surface area contributed by atoms with Crippen LogP contribution in [0.15, 0.2) is 30.5 Å². The van der Waals surface area contributed by atoms with Crippen LogP contribution in [-0.4, -0.2) is 26.1 Å². The van der Waals surface area contributed by atoms with Crippen molar-refractivity contribution in [2.45, 2.75) is 31.1 Å². The summed E-state index contributed by atoms with van der Waals surface area (Å²) in [5, 5.41) is 18.0. The van der Waals surface area contributed by atoms with Gasteiger partial charge in [0.2, 0.25) is 0 Å². The van der Waals surface area contributed by atoms with Gasteiger partial charge in [0, 0.05) is 12.6 Å². The van der Waals surface area contributed by atoms with Gasteiger partial charge >= 0.3 is 5.97 Å². The SMILES string of the molecule is Cn1ncc(-c2cccc(C3(C(=O)O)CCCC3)c2)n1. The van der Waals surface area contributed by atoms with Crippen LogP contribution in [0.4, 0.5) is 0 Å². The van der Waals surface area contributed by atoms with Gasteiger partial charge in [0.25, 0.3) is 0 Å². The summed E-state index contributed by atoms with van der Waals surface area (Å²) in [5.74, 6) is -0.716. The second-order valence-electron chi connectivity index (χ2n) is 5.39. The predicted molar refractivity (Wildman–Crippen MR) is 74.2 cm³/mol. The number of aryl methyl sites for hydroxylation is 1. The van der Waals surface area contributed by atoms with Crippen LogP contribution in [0.1, 0.15) is 31.2 Å². The van der Waals surface area contributed by atoms with Crippen molar-refractivity contribution in [3.05, 3.63) is 36.0 Å². The van der Waals surface area contributed by atoms with Gasteiger partial charge in [-0.05, 0) is 24.5 Å². The van der Waals surface area contributed by atoms with Gasteiger partial charge in [-0.25, -0.2) is 0 Å². The van der Waals surface area contributed by atoms with Gasteiger partial charge in [-0.15, -0.1) is 0 Å². The second kappa shape index (κ2) is 4.74. The molecular formula is C15H17N3O2. The van der Waals surface area contributed by atoms with E-state index in [-0.39, 0.29) is 0 Å². The molecule has 0 amide bonds. The molecule has 0 radical (unpaired) electrons. The standard InChI is InChI=1S/C15H17N3O2/c1-18-16-10-13(17-18)11-5-4-6-12(9-11)15(14(19)20)7-2-3-8-15/h4-6,9-10H,2-3,7-8H2,1H3,(H,19,20). The molecular weight excluding hydrogens is 254 g/mol. The number of carboxylic acids is 1. The Kier molecular flexibility index (Phi) is 3.04. The molecule has 1 aromatic heterocycles. The first-order chi connectivity index (χ1) is 9.62. The Balaban J connectivity index is 2.05. The summed E-state index contributed by atoms with van der Waals surface area (Å²) in [4.78, 5) is 13.2. The molecule has 1 aliphatic carbocycles. The van der Waals surface area contributed by atoms with Crippen molar-refractivity contribution in [2.75, 3.05) is 0 Å². The minimum Gasteiger partial charge on any atom is -0.481 e. The van der Waals surface area contributed by atoms with Crippen molar-refractivity contribution in [3.63, 3.8) is 0 Å². The predicted octanol–water partition coefficient (Wildman–Crippen LogP) is 2.38. The monoisotopic (exact) mass is 271 g/mol. The Labute approximate surface area is 117 Å². The van der Waals surface area contributed by atoms with E-state index in [4.69, 9.17) is 0 Å². The number of aromatic nitrogens is 3. The van der Waals surface area contributed by atoms with Gasteiger partial charge in [0.05, 0.1) is 11.6 Å². The molecule has 0 atom stereocenters. The van der Waals surface area contributed by atoms with E-state index in [1.54, 1.807) is 13.2 Å². The molecule has 0 unspecified atom stereocenters. The summed E-state index contributed by atoms with van der Waals surface area (Å²) >= 11 is 0. The molecule has 1 saturated carbocycles. The molecule has 0 saturated heterocycles. The summed E-state index contributed by atoms with van der Waals surface area (Å²) in [6, 6.07) is 7.71. The van der Waals surface area contributed by atoms with Gasteiger partial charge in [-0.3, -0.25) is 4.79 Å². The summed E-state index contributed by atoms with van der Waals surface area (Å²) in [7, 11) is 1.77. The highest BCUT2D eigenvalue weighted by Crippen LogP contribution is 2.42. The van der Waals surface area contributed by atoms with Crippen LogP contribution in [0.25, 0.3) is 11.3 Å². The lowest BCUT2D eigenvalue weighted by Gasteiger charge is -2.24. The number of aliphatic carboxylic acids is 1. The maximum Gasteiger partial charge on any atom is 0.314 e. The van der Waals surface area contributed by atoms with Crippen molar-refractivity contribution >= 4 is 5.97 Å². The van der Waals surface area contributed by atoms with Crippen LogP contribution in [-0.2, 0) is 17.3 Å². The van der Waals surface area contributed by atoms with E-state index in [9.17, 15) is 9.90 Å². The van der Waals surface area contributed by atoms with E-state index in [1.165, 1.54) is 4.80 Å². The molecule has 3 rings (SSSR count). The van der Waals surface area contributed by atoms with Gasteiger partial charge in [-0.1, -0.05) is 31.0 Å². The van der Waals surface area contributed by atoms with Gasteiger partial charge < -0.3 is 5.11 Å². The highest BCUT2D eigenvalue weighted by molar-refractivity contribution is 5.82. The molecule has 20 heavy (non-hydrogen) atoms. The summed E-state index contributed by atoms with van der Waals surface area (Å²) in [5.41, 5.74) is 1.85. The van der Waals surface area contributed by atoms with Crippen molar-refractivity contribution < 1.29 is 9.90 Å². The third-order valence-corrected chi connectivity index (χ3v) is 4.18. The van der Waals surface area contributed by atoms with Crippen LogP contribution in [0.3, 0.4) is 0 Å². The fourth-order valence-corrected chi connectivity index (χ4v) is 3.06. The number of hydrogen-bond acceptors (Lipinski definition) is 3. The number of carboxylic acid groups (broad SMARTS) is 1. The third kappa shape index (κ3) is 1.99. The zero-order valence-electron chi connectivity index (χ0n) is 11.4. The van der Waals surface area contributed by atoms with Crippen LogP contribution in [0.5, 0.6) is 0 Å². The number of hydrogen-bond donors (Lipinski definition) is 1. The van der Waals surface area contributed by atoms with Crippen molar-refractivity contribution in [1.82, 2.24) is 15.0 Å². The maximum atomic E-state index is 11.7. The van der Waals surface area contributed by atoms with E-state index in [0.717, 1.165) is 29.7 Å². The quantitative estimate of drug-likeness (QED) is 0.930. The van der Waals surface area contributed by atoms with Crippen LogP contribution in [0.2, 0.25) is 0 Å². The fourth-order valence-electron chi connectivity index (χ4n) is 3.06. The normalized spacial score (nSPS) is 17.2. The zero-order valence-corrected chi connectivity index (χ0v) is 11.4. The molecule has 0 bridgehead atoms. The summed E-state index contributed by atoms with van der Waals surface area (Å²) in [6.45, 7) is 0. The second-order valence-corrected chi connectivity index (χ2v) is 5.39. The van der Waals surface area contributed by atoms with Crippen LogP contribution in [0, 0.1) is 0 Å². The lowest BCUT2D eigenvalue weighted by Crippen LogP contribution is -2.32. The van der Waals surface area contributed by atoms with Gasteiger partial charge in [-0.2, -0.15) is 15.0 Å². The Hall–Kier alpha value is -2.17. The molecule has 0 aliphatic heterocycles. The maximum absolute atomic E-state index is 11.7. The largest absolute Gasteiger partial charge is 0.481 e. The lowest BCUT2D eigenvalue weighted by atomic mass is 9.78. The first-order valence-electron chi connectivity index (χ1n) is 6.82. The molecule has 1 N–H and O–H groups in total. The highest BCUT2D eigenvalue weighted by atomic mass is 16.4. The molecule has 1 aliphatic rings. The van der Waals surface area contributed by atoms with E-state index in [2.05, 4.69) is 10.2 Å². The highest BCUT2D eigenvalue weighted by Gasteiger charge is 2.42. The smallest absolute Gasteiger partial charge is 0.314 e. The van der Waals surface area contributed by atoms with Crippen molar-refractivity contribution in [3.8, 4) is 11.3 Å². The van der Waals surface area contributed by atoms with Crippen LogP contribution >= 0.6 is 0 Å².